The van der Waals surface area contributed by atoms with Crippen LogP contribution in [0.5, 0.6) is 0 Å². The number of hydrogen-bond donors (Lipinski definition) is 0. The highest BCUT2D eigenvalue weighted by atomic mass is 32.2. The lowest BCUT2D eigenvalue weighted by Gasteiger charge is -2.52. The van der Waals surface area contributed by atoms with Gasteiger partial charge in [0.15, 0.2) is 0 Å². The van der Waals surface area contributed by atoms with Gasteiger partial charge in [0.2, 0.25) is 10.0 Å². The zero-order valence-corrected chi connectivity index (χ0v) is 18.0. The number of ether oxygens (including phenoxy) is 2. The van der Waals surface area contributed by atoms with E-state index in [2.05, 4.69) is 4.98 Å². The number of nitrogens with zero attached hydrogens (tertiary/aromatic N) is 2. The van der Waals surface area contributed by atoms with Crippen molar-refractivity contribution < 1.29 is 17.9 Å². The fourth-order valence-electron chi connectivity index (χ4n) is 4.20. The van der Waals surface area contributed by atoms with Crippen LogP contribution in [0.1, 0.15) is 35.1 Å². The Bertz CT molecular complexity index is 979. The summed E-state index contributed by atoms with van der Waals surface area (Å²) in [5, 5.41) is 0. The van der Waals surface area contributed by atoms with Crippen LogP contribution >= 0.6 is 0 Å². The summed E-state index contributed by atoms with van der Waals surface area (Å²) in [5.74, 6) is 0. The second kappa shape index (κ2) is 7.80. The van der Waals surface area contributed by atoms with Crippen molar-refractivity contribution in [2.75, 3.05) is 19.7 Å². The molecule has 0 unspecified atom stereocenters. The molecule has 0 N–H and O–H groups in total. The number of aromatic nitrogens is 1. The molecule has 1 aromatic heterocycles. The Balaban J connectivity index is 1.39. The molecule has 1 spiro atoms. The molecule has 2 saturated heterocycles. The van der Waals surface area contributed by atoms with Gasteiger partial charge in [0.25, 0.3) is 0 Å². The molecular formula is C22H28N2O4S. The predicted octanol–water partition coefficient (Wildman–Crippen LogP) is 3.15. The van der Waals surface area contributed by atoms with E-state index in [1.54, 1.807) is 18.3 Å². The molecule has 2 aliphatic rings. The van der Waals surface area contributed by atoms with E-state index in [1.165, 1.54) is 4.31 Å². The van der Waals surface area contributed by atoms with E-state index in [1.807, 2.05) is 39.1 Å². The topological polar surface area (TPSA) is 68.7 Å². The molecule has 29 heavy (non-hydrogen) atoms. The summed E-state index contributed by atoms with van der Waals surface area (Å²) >= 11 is 0. The third kappa shape index (κ3) is 4.23. The molecule has 6 nitrogen and oxygen atoms in total. The van der Waals surface area contributed by atoms with Gasteiger partial charge in [-0.3, -0.25) is 4.98 Å². The molecule has 1 aromatic carbocycles. The number of benzene rings is 1. The van der Waals surface area contributed by atoms with Crippen LogP contribution in [-0.2, 0) is 26.1 Å². The number of rotatable bonds is 5. The molecule has 0 aliphatic carbocycles. The Hall–Kier alpha value is -1.80. The van der Waals surface area contributed by atoms with Gasteiger partial charge in [-0.15, -0.1) is 0 Å². The fourth-order valence-corrected chi connectivity index (χ4v) is 5.98. The molecular weight excluding hydrogens is 388 g/mol. The lowest BCUT2D eigenvalue weighted by atomic mass is 9.86. The maximum Gasteiger partial charge on any atom is 0.243 e. The lowest BCUT2D eigenvalue weighted by molar-refractivity contribution is -0.180. The van der Waals surface area contributed by atoms with Crippen LogP contribution in [0.2, 0.25) is 0 Å². The molecule has 0 amide bonds. The first kappa shape index (κ1) is 20.5. The summed E-state index contributed by atoms with van der Waals surface area (Å²) < 4.78 is 39.7. The third-order valence-electron chi connectivity index (χ3n) is 5.83. The number of aryl methyl sites for hydroxylation is 3. The summed E-state index contributed by atoms with van der Waals surface area (Å²) in [6.07, 6.45) is 5.22. The van der Waals surface area contributed by atoms with Gasteiger partial charge < -0.3 is 9.47 Å². The quantitative estimate of drug-likeness (QED) is 0.749. The van der Waals surface area contributed by atoms with Crippen molar-refractivity contribution in [2.45, 2.75) is 56.8 Å². The summed E-state index contributed by atoms with van der Waals surface area (Å²) in [5.41, 5.74) is 3.72. The van der Waals surface area contributed by atoms with Crippen LogP contribution in [0, 0.1) is 20.8 Å². The van der Waals surface area contributed by atoms with Crippen molar-refractivity contribution in [3.05, 3.63) is 58.9 Å². The SMILES string of the molecule is Cc1cc(C)cc(S(=O)(=O)N2CC3(C[C@@H](OCc4cnccc4C)CCO3)C2)c1. The summed E-state index contributed by atoms with van der Waals surface area (Å²) in [6.45, 7) is 7.76. The average Bonchev–Trinajstić information content (AvgIpc) is 2.65. The molecule has 2 aliphatic heterocycles. The van der Waals surface area contributed by atoms with E-state index in [0.29, 0.717) is 37.6 Å². The Kier molecular flexibility index (Phi) is 5.50. The monoisotopic (exact) mass is 416 g/mol. The van der Waals surface area contributed by atoms with Crippen LogP contribution < -0.4 is 0 Å². The van der Waals surface area contributed by atoms with Crippen molar-refractivity contribution >= 4 is 10.0 Å². The van der Waals surface area contributed by atoms with Crippen molar-refractivity contribution in [1.82, 2.24) is 9.29 Å². The van der Waals surface area contributed by atoms with E-state index in [-0.39, 0.29) is 6.10 Å². The largest absolute Gasteiger partial charge is 0.373 e. The maximum absolute atomic E-state index is 13.0. The molecule has 0 radical (unpaired) electrons. The van der Waals surface area contributed by atoms with Gasteiger partial charge >= 0.3 is 0 Å². The van der Waals surface area contributed by atoms with Gasteiger partial charge in [-0.05, 0) is 67.6 Å². The Labute approximate surface area is 172 Å². The lowest BCUT2D eigenvalue weighted by Crippen LogP contribution is -2.67. The van der Waals surface area contributed by atoms with Gasteiger partial charge in [-0.2, -0.15) is 4.31 Å². The second-order valence-corrected chi connectivity index (χ2v) is 10.3. The molecule has 0 bridgehead atoms. The summed E-state index contributed by atoms with van der Waals surface area (Å²) in [6, 6.07) is 7.42. The molecule has 7 heteroatoms. The molecule has 156 valence electrons. The van der Waals surface area contributed by atoms with Gasteiger partial charge in [0.1, 0.15) is 0 Å². The van der Waals surface area contributed by atoms with Gasteiger partial charge in [-0.25, -0.2) is 8.42 Å². The van der Waals surface area contributed by atoms with Crippen molar-refractivity contribution in [1.29, 1.82) is 0 Å². The maximum atomic E-state index is 13.0. The third-order valence-corrected chi connectivity index (χ3v) is 7.60. The van der Waals surface area contributed by atoms with E-state index < -0.39 is 15.6 Å². The highest BCUT2D eigenvalue weighted by molar-refractivity contribution is 7.89. The first-order valence-electron chi connectivity index (χ1n) is 10.0. The number of sulfonamides is 1. The van der Waals surface area contributed by atoms with Crippen LogP contribution in [-0.4, -0.2) is 49.1 Å². The van der Waals surface area contributed by atoms with Gasteiger partial charge in [0.05, 0.1) is 23.2 Å². The van der Waals surface area contributed by atoms with Crippen LogP contribution in [0.25, 0.3) is 0 Å². The van der Waals surface area contributed by atoms with E-state index in [4.69, 9.17) is 9.47 Å². The fraction of sp³-hybridized carbons (Fsp3) is 0.500. The molecule has 1 atom stereocenters. The second-order valence-electron chi connectivity index (χ2n) is 8.36. The summed E-state index contributed by atoms with van der Waals surface area (Å²) in [7, 11) is -3.50. The molecule has 0 saturated carbocycles. The smallest absolute Gasteiger partial charge is 0.243 e. The zero-order chi connectivity index (χ0) is 20.6. The number of pyridine rings is 1. The van der Waals surface area contributed by atoms with Crippen LogP contribution in [0.4, 0.5) is 0 Å². The van der Waals surface area contributed by atoms with Crippen LogP contribution in [0.3, 0.4) is 0 Å². The predicted molar refractivity (Wildman–Crippen MR) is 110 cm³/mol. The van der Waals surface area contributed by atoms with E-state index >= 15 is 0 Å². The Morgan fingerprint density at radius 3 is 2.62 bits per heavy atom. The Morgan fingerprint density at radius 1 is 1.21 bits per heavy atom. The standard InChI is InChI=1S/C22H28N2O4S/c1-16-8-17(2)10-21(9-16)29(25,26)24-14-22(15-24)11-20(5-7-28-22)27-13-19-12-23-6-4-18(19)3/h4,6,8-10,12,20H,5,7,11,13-15H2,1-3H3/t20-/m0/s1. The normalized spacial score (nSPS) is 21.8. The van der Waals surface area contributed by atoms with E-state index in [0.717, 1.165) is 28.7 Å². The van der Waals surface area contributed by atoms with Crippen molar-refractivity contribution in [3.8, 4) is 0 Å². The minimum atomic E-state index is -3.50. The minimum Gasteiger partial charge on any atom is -0.373 e. The first-order valence-corrected chi connectivity index (χ1v) is 11.4. The molecule has 4 rings (SSSR count). The minimum absolute atomic E-state index is 0.0643. The van der Waals surface area contributed by atoms with Gasteiger partial charge in [0, 0.05) is 38.5 Å². The average molecular weight is 417 g/mol. The number of hydrogen-bond acceptors (Lipinski definition) is 5. The summed E-state index contributed by atoms with van der Waals surface area (Å²) in [4.78, 5) is 4.53. The van der Waals surface area contributed by atoms with Crippen molar-refractivity contribution in [3.63, 3.8) is 0 Å². The first-order chi connectivity index (χ1) is 13.8. The highest BCUT2D eigenvalue weighted by Crippen LogP contribution is 2.38. The molecule has 3 heterocycles. The molecule has 2 fully saturated rings. The van der Waals surface area contributed by atoms with Gasteiger partial charge in [-0.1, -0.05) is 6.07 Å². The zero-order valence-electron chi connectivity index (χ0n) is 17.2. The van der Waals surface area contributed by atoms with E-state index in [9.17, 15) is 8.42 Å². The van der Waals surface area contributed by atoms with Crippen molar-refractivity contribution in [2.24, 2.45) is 0 Å². The van der Waals surface area contributed by atoms with Crippen LogP contribution in [0.15, 0.2) is 41.6 Å². The molecule has 2 aromatic rings. The highest BCUT2D eigenvalue weighted by Gasteiger charge is 2.52. The Morgan fingerprint density at radius 2 is 1.93 bits per heavy atom.